The standard InChI is InChI=1S/C21H19N5O3/c1-26-18-13(8-5-9-22-18)14-11-15(14)17(21(26)28)23-19(27)20-25-24-16(29-20)10-12-6-3-2-4-7-12/h2-9,14-15,17H,10-11H2,1H3,(H,23,27)/t14?,15-,17?/m0/s1. The van der Waals surface area contributed by atoms with Gasteiger partial charge in [-0.05, 0) is 35.4 Å². The molecule has 8 nitrogen and oxygen atoms in total. The smallest absolute Gasteiger partial charge is 0.309 e. The molecule has 1 fully saturated rings. The predicted molar refractivity (Wildman–Crippen MR) is 103 cm³/mol. The fraction of sp³-hybridized carbons (Fsp3) is 0.286. The Morgan fingerprint density at radius 2 is 2.03 bits per heavy atom. The third-order valence-corrected chi connectivity index (χ3v) is 5.54. The van der Waals surface area contributed by atoms with E-state index < -0.39 is 11.9 Å². The van der Waals surface area contributed by atoms with E-state index in [4.69, 9.17) is 4.42 Å². The number of benzene rings is 1. The lowest BCUT2D eigenvalue weighted by atomic mass is 10.1. The highest BCUT2D eigenvalue weighted by atomic mass is 16.4. The number of nitrogens with zero attached hydrogens (tertiary/aromatic N) is 4. The number of fused-ring (bicyclic) bond motifs is 3. The van der Waals surface area contributed by atoms with E-state index in [2.05, 4.69) is 20.5 Å². The van der Waals surface area contributed by atoms with Crippen LogP contribution in [0.5, 0.6) is 0 Å². The van der Waals surface area contributed by atoms with Gasteiger partial charge in [-0.15, -0.1) is 10.2 Å². The molecule has 5 rings (SSSR count). The summed E-state index contributed by atoms with van der Waals surface area (Å²) in [6.45, 7) is 0. The summed E-state index contributed by atoms with van der Waals surface area (Å²) in [5.41, 5.74) is 2.06. The van der Waals surface area contributed by atoms with Crippen LogP contribution in [-0.4, -0.2) is 40.1 Å². The van der Waals surface area contributed by atoms with Crippen molar-refractivity contribution in [1.82, 2.24) is 20.5 Å². The van der Waals surface area contributed by atoms with Crippen LogP contribution >= 0.6 is 0 Å². The molecule has 3 heterocycles. The quantitative estimate of drug-likeness (QED) is 0.732. The number of aromatic nitrogens is 3. The van der Waals surface area contributed by atoms with Crippen molar-refractivity contribution in [2.75, 3.05) is 11.9 Å². The van der Waals surface area contributed by atoms with Crippen molar-refractivity contribution in [3.8, 4) is 0 Å². The summed E-state index contributed by atoms with van der Waals surface area (Å²) in [4.78, 5) is 31.5. The predicted octanol–water partition coefficient (Wildman–Crippen LogP) is 1.93. The molecule has 1 N–H and O–H groups in total. The number of nitrogens with one attached hydrogen (secondary N) is 1. The molecule has 146 valence electrons. The Kier molecular flexibility index (Phi) is 4.12. The normalized spacial score (nSPS) is 22.4. The number of hydrogen-bond donors (Lipinski definition) is 1. The van der Waals surface area contributed by atoms with E-state index in [0.717, 1.165) is 17.5 Å². The van der Waals surface area contributed by atoms with Crippen LogP contribution in [0.3, 0.4) is 0 Å². The molecule has 1 aliphatic carbocycles. The van der Waals surface area contributed by atoms with Gasteiger partial charge in [0.05, 0.1) is 6.42 Å². The van der Waals surface area contributed by atoms with E-state index in [-0.39, 0.29) is 23.6 Å². The number of amides is 2. The van der Waals surface area contributed by atoms with Gasteiger partial charge in [-0.25, -0.2) is 4.98 Å². The van der Waals surface area contributed by atoms with Crippen molar-refractivity contribution in [2.45, 2.75) is 24.8 Å². The van der Waals surface area contributed by atoms with Gasteiger partial charge in [-0.1, -0.05) is 36.4 Å². The van der Waals surface area contributed by atoms with Crippen LogP contribution in [-0.2, 0) is 11.2 Å². The second-order valence-corrected chi connectivity index (χ2v) is 7.43. The lowest BCUT2D eigenvalue weighted by Gasteiger charge is -2.22. The van der Waals surface area contributed by atoms with Gasteiger partial charge in [0, 0.05) is 13.2 Å². The molecular formula is C21H19N5O3. The zero-order chi connectivity index (χ0) is 20.0. The Balaban J connectivity index is 1.32. The van der Waals surface area contributed by atoms with Crippen LogP contribution in [0, 0.1) is 5.92 Å². The lowest BCUT2D eigenvalue weighted by Crippen LogP contribution is -2.48. The molecule has 2 unspecified atom stereocenters. The minimum absolute atomic E-state index is 0.0473. The van der Waals surface area contributed by atoms with Crippen LogP contribution in [0.2, 0.25) is 0 Å². The molecule has 0 spiro atoms. The average molecular weight is 389 g/mol. The second-order valence-electron chi connectivity index (χ2n) is 7.43. The molecule has 3 atom stereocenters. The number of carbonyl (C=O) groups excluding carboxylic acids is 2. The molecule has 2 aromatic heterocycles. The summed E-state index contributed by atoms with van der Waals surface area (Å²) < 4.78 is 5.52. The van der Waals surface area contributed by atoms with Gasteiger partial charge < -0.3 is 9.73 Å². The highest BCUT2D eigenvalue weighted by Crippen LogP contribution is 2.53. The number of carbonyl (C=O) groups is 2. The monoisotopic (exact) mass is 389 g/mol. The van der Waals surface area contributed by atoms with Crippen molar-refractivity contribution >= 4 is 17.6 Å². The molecule has 1 saturated carbocycles. The van der Waals surface area contributed by atoms with Crippen LogP contribution in [0.1, 0.15) is 40.0 Å². The number of pyridine rings is 1. The van der Waals surface area contributed by atoms with Crippen LogP contribution < -0.4 is 10.2 Å². The number of likely N-dealkylation sites (N-methyl/N-ethyl adjacent to an activating group) is 1. The maximum atomic E-state index is 13.0. The average Bonchev–Trinajstić information content (AvgIpc) is 3.41. The Labute approximate surface area is 167 Å². The highest BCUT2D eigenvalue weighted by molar-refractivity contribution is 6.02. The molecule has 1 aromatic carbocycles. The lowest BCUT2D eigenvalue weighted by molar-refractivity contribution is -0.120. The van der Waals surface area contributed by atoms with Crippen LogP contribution in [0.4, 0.5) is 5.82 Å². The molecule has 3 aromatic rings. The first kappa shape index (κ1) is 17.5. The Hall–Kier alpha value is -3.55. The van der Waals surface area contributed by atoms with Crippen LogP contribution in [0.25, 0.3) is 0 Å². The first-order valence-corrected chi connectivity index (χ1v) is 9.51. The van der Waals surface area contributed by atoms with Gasteiger partial charge in [0.2, 0.25) is 5.89 Å². The van der Waals surface area contributed by atoms with Crippen molar-refractivity contribution in [3.63, 3.8) is 0 Å². The summed E-state index contributed by atoms with van der Waals surface area (Å²) in [5, 5.41) is 10.6. The highest BCUT2D eigenvalue weighted by Gasteiger charge is 2.52. The SMILES string of the molecule is CN1C(=O)C(NC(=O)c2nnc(Cc3ccccc3)o2)[C@H]2CC2c2cccnc21. The fourth-order valence-corrected chi connectivity index (χ4v) is 3.97. The molecule has 2 aliphatic rings. The number of rotatable bonds is 4. The topological polar surface area (TPSA) is 101 Å². The molecular weight excluding hydrogens is 370 g/mol. The second kappa shape index (κ2) is 6.80. The van der Waals surface area contributed by atoms with Gasteiger partial charge in [0.15, 0.2) is 0 Å². The minimum Gasteiger partial charge on any atom is -0.417 e. The van der Waals surface area contributed by atoms with Gasteiger partial charge >= 0.3 is 11.8 Å². The largest absolute Gasteiger partial charge is 0.417 e. The molecule has 2 amide bonds. The van der Waals surface area contributed by atoms with Gasteiger partial charge in [-0.3, -0.25) is 14.5 Å². The summed E-state index contributed by atoms with van der Waals surface area (Å²) in [6.07, 6.45) is 2.95. The first-order chi connectivity index (χ1) is 14.1. The Morgan fingerprint density at radius 3 is 2.86 bits per heavy atom. The molecule has 8 heteroatoms. The Bertz CT molecular complexity index is 1080. The molecule has 1 aliphatic heterocycles. The molecule has 0 radical (unpaired) electrons. The van der Waals surface area contributed by atoms with Crippen molar-refractivity contribution in [1.29, 1.82) is 0 Å². The zero-order valence-electron chi connectivity index (χ0n) is 15.8. The number of hydrogen-bond acceptors (Lipinski definition) is 6. The van der Waals surface area contributed by atoms with Crippen molar-refractivity contribution in [2.24, 2.45) is 5.92 Å². The van der Waals surface area contributed by atoms with E-state index >= 15 is 0 Å². The summed E-state index contributed by atoms with van der Waals surface area (Å²) in [5.74, 6) is 0.417. The fourth-order valence-electron chi connectivity index (χ4n) is 3.97. The minimum atomic E-state index is -0.642. The maximum Gasteiger partial charge on any atom is 0.309 e. The van der Waals surface area contributed by atoms with Crippen LogP contribution in [0.15, 0.2) is 53.1 Å². The van der Waals surface area contributed by atoms with Gasteiger partial charge in [0.25, 0.3) is 5.91 Å². The summed E-state index contributed by atoms with van der Waals surface area (Å²) in [6, 6.07) is 12.9. The van der Waals surface area contributed by atoms with Crippen molar-refractivity contribution in [3.05, 3.63) is 71.6 Å². The van der Waals surface area contributed by atoms with E-state index in [1.54, 1.807) is 13.2 Å². The molecule has 0 bridgehead atoms. The van der Waals surface area contributed by atoms with Gasteiger partial charge in [0.1, 0.15) is 11.9 Å². The van der Waals surface area contributed by atoms with E-state index in [9.17, 15) is 9.59 Å². The molecule has 29 heavy (non-hydrogen) atoms. The van der Waals surface area contributed by atoms with E-state index in [1.807, 2.05) is 42.5 Å². The van der Waals surface area contributed by atoms with Crippen molar-refractivity contribution < 1.29 is 14.0 Å². The summed E-state index contributed by atoms with van der Waals surface area (Å²) >= 11 is 0. The van der Waals surface area contributed by atoms with E-state index in [1.165, 1.54) is 4.90 Å². The third-order valence-electron chi connectivity index (χ3n) is 5.54. The summed E-state index contributed by atoms with van der Waals surface area (Å²) in [7, 11) is 1.68. The zero-order valence-corrected chi connectivity index (χ0v) is 15.8. The Morgan fingerprint density at radius 1 is 1.21 bits per heavy atom. The first-order valence-electron chi connectivity index (χ1n) is 9.51. The molecule has 0 saturated heterocycles. The maximum absolute atomic E-state index is 13.0. The van der Waals surface area contributed by atoms with Gasteiger partial charge in [-0.2, -0.15) is 0 Å². The van der Waals surface area contributed by atoms with E-state index in [0.29, 0.717) is 18.1 Å². The number of anilines is 1. The third kappa shape index (κ3) is 3.16.